The molecular formula is C4H6O2S. The summed E-state index contributed by atoms with van der Waals surface area (Å²) in [4.78, 5) is 10.0. The topological polar surface area (TPSA) is 26.3 Å². The van der Waals surface area contributed by atoms with Crippen LogP contribution in [0.25, 0.3) is 0 Å². The van der Waals surface area contributed by atoms with Crippen LogP contribution in [0.4, 0.5) is 0 Å². The van der Waals surface area contributed by atoms with Crippen molar-refractivity contribution in [3.05, 3.63) is 12.2 Å². The number of carbonyl (C=O) groups excluding carboxylic acids is 1. The first-order chi connectivity index (χ1) is 3.31. The Balaban J connectivity index is 3.37. The quantitative estimate of drug-likeness (QED) is 0.315. The van der Waals surface area contributed by atoms with Crippen LogP contribution in [-0.4, -0.2) is 5.97 Å². The lowest BCUT2D eigenvalue weighted by Crippen LogP contribution is -1.87. The highest BCUT2D eigenvalue weighted by atomic mass is 32.1. The van der Waals surface area contributed by atoms with Crippen molar-refractivity contribution in [3.8, 4) is 0 Å². The van der Waals surface area contributed by atoms with Crippen molar-refractivity contribution < 1.29 is 8.98 Å². The first kappa shape index (κ1) is 6.56. The fourth-order valence-electron chi connectivity index (χ4n) is 0.167. The van der Waals surface area contributed by atoms with Gasteiger partial charge in [0.25, 0.3) is 0 Å². The van der Waals surface area contributed by atoms with Gasteiger partial charge in [-0.05, 0) is 6.92 Å². The van der Waals surface area contributed by atoms with Gasteiger partial charge in [0.2, 0.25) is 0 Å². The van der Waals surface area contributed by atoms with Gasteiger partial charge >= 0.3 is 5.97 Å². The zero-order valence-electron chi connectivity index (χ0n) is 3.92. The molecule has 0 bridgehead atoms. The zero-order valence-corrected chi connectivity index (χ0v) is 4.81. The maximum absolute atomic E-state index is 10.0. The van der Waals surface area contributed by atoms with Crippen LogP contribution in [0.5, 0.6) is 0 Å². The lowest BCUT2D eigenvalue weighted by atomic mass is 10.5. The summed E-state index contributed by atoms with van der Waals surface area (Å²) >= 11 is 3.25. The van der Waals surface area contributed by atoms with Crippen LogP contribution in [0.1, 0.15) is 6.92 Å². The van der Waals surface area contributed by atoms with E-state index in [0.717, 1.165) is 0 Å². The van der Waals surface area contributed by atoms with Gasteiger partial charge in [0.15, 0.2) is 0 Å². The van der Waals surface area contributed by atoms with E-state index in [9.17, 15) is 4.79 Å². The Morgan fingerprint density at radius 3 is 2.57 bits per heavy atom. The summed E-state index contributed by atoms with van der Waals surface area (Å²) in [5.74, 6) is -0.439. The van der Waals surface area contributed by atoms with Gasteiger partial charge in [-0.25, -0.2) is 4.79 Å². The van der Waals surface area contributed by atoms with E-state index in [1.807, 2.05) is 0 Å². The van der Waals surface area contributed by atoms with Crippen LogP contribution in [0.3, 0.4) is 0 Å². The lowest BCUT2D eigenvalue weighted by molar-refractivity contribution is -0.127. The third kappa shape index (κ3) is 3.39. The van der Waals surface area contributed by atoms with Crippen LogP contribution in [-0.2, 0) is 8.98 Å². The fourth-order valence-corrected chi connectivity index (χ4v) is 0.227. The van der Waals surface area contributed by atoms with Crippen molar-refractivity contribution in [2.24, 2.45) is 0 Å². The van der Waals surface area contributed by atoms with Crippen LogP contribution >= 0.6 is 12.9 Å². The maximum Gasteiger partial charge on any atom is 0.342 e. The highest BCUT2D eigenvalue weighted by Gasteiger charge is 1.85. The van der Waals surface area contributed by atoms with Crippen LogP contribution in [0.15, 0.2) is 12.2 Å². The molecule has 0 aromatic rings. The number of carbonyl (C=O) groups is 1. The van der Waals surface area contributed by atoms with Gasteiger partial charge in [0.1, 0.15) is 0 Å². The minimum absolute atomic E-state index is 0.439. The van der Waals surface area contributed by atoms with E-state index >= 15 is 0 Å². The predicted molar refractivity (Wildman–Crippen MR) is 29.9 cm³/mol. The monoisotopic (exact) mass is 118 g/mol. The summed E-state index contributed by atoms with van der Waals surface area (Å²) < 4.78 is 3.96. The summed E-state index contributed by atoms with van der Waals surface area (Å²) in [5.41, 5.74) is 0. The van der Waals surface area contributed by atoms with Crippen molar-refractivity contribution in [2.75, 3.05) is 0 Å². The van der Waals surface area contributed by atoms with E-state index in [1.165, 1.54) is 6.08 Å². The van der Waals surface area contributed by atoms with E-state index in [2.05, 4.69) is 17.1 Å². The molecule has 0 aromatic carbocycles. The highest BCUT2D eigenvalue weighted by Crippen LogP contribution is 1.81. The third-order valence-electron chi connectivity index (χ3n) is 0.393. The summed E-state index contributed by atoms with van der Waals surface area (Å²) in [6.45, 7) is 1.73. The molecule has 0 saturated carbocycles. The van der Waals surface area contributed by atoms with Crippen molar-refractivity contribution in [1.29, 1.82) is 0 Å². The van der Waals surface area contributed by atoms with Gasteiger partial charge in [0.05, 0.1) is 0 Å². The molecule has 3 heteroatoms. The van der Waals surface area contributed by atoms with E-state index in [4.69, 9.17) is 0 Å². The second-order valence-electron chi connectivity index (χ2n) is 0.910. The molecule has 0 aliphatic carbocycles. The normalized spacial score (nSPS) is 9.43. The first-order valence-corrected chi connectivity index (χ1v) is 2.16. The molecule has 0 spiro atoms. The van der Waals surface area contributed by atoms with Crippen LogP contribution < -0.4 is 0 Å². The fraction of sp³-hybridized carbons (Fsp3) is 0.250. The smallest absolute Gasteiger partial charge is 0.342 e. The van der Waals surface area contributed by atoms with Gasteiger partial charge in [-0.1, -0.05) is 6.08 Å². The van der Waals surface area contributed by atoms with Gasteiger partial charge in [-0.3, -0.25) is 0 Å². The van der Waals surface area contributed by atoms with Gasteiger partial charge in [0, 0.05) is 19.0 Å². The first-order valence-electron chi connectivity index (χ1n) is 1.79. The molecule has 0 heterocycles. The Kier molecular flexibility index (Phi) is 3.50. The lowest BCUT2D eigenvalue weighted by Gasteiger charge is -1.81. The molecule has 0 N–H and O–H groups in total. The molecule has 7 heavy (non-hydrogen) atoms. The van der Waals surface area contributed by atoms with Crippen molar-refractivity contribution >= 4 is 18.9 Å². The van der Waals surface area contributed by atoms with Crippen molar-refractivity contribution in [3.63, 3.8) is 0 Å². The standard InChI is InChI=1S/C4H6O2S/c1-2-3-4(5)6-7/h2-3,7H,1H3. The van der Waals surface area contributed by atoms with Crippen LogP contribution in [0, 0.1) is 0 Å². The Morgan fingerprint density at radius 1 is 1.86 bits per heavy atom. The molecule has 0 unspecified atom stereocenters. The van der Waals surface area contributed by atoms with Gasteiger partial charge in [-0.15, -0.1) is 0 Å². The second-order valence-corrected chi connectivity index (χ2v) is 1.09. The minimum atomic E-state index is -0.439. The Labute approximate surface area is 47.8 Å². The Bertz CT molecular complexity index is 87.7. The third-order valence-corrected chi connectivity index (χ3v) is 0.573. The van der Waals surface area contributed by atoms with E-state index in [0.29, 0.717) is 0 Å². The minimum Gasteiger partial charge on any atom is -0.391 e. The molecule has 2 nitrogen and oxygen atoms in total. The molecule has 0 aromatic heterocycles. The number of hydrogen-bond acceptors (Lipinski definition) is 3. The number of thiol groups is 1. The molecule has 0 aliphatic heterocycles. The molecular weight excluding hydrogens is 112 g/mol. The zero-order chi connectivity index (χ0) is 5.70. The molecule has 0 saturated heterocycles. The molecule has 0 rings (SSSR count). The van der Waals surface area contributed by atoms with E-state index in [1.54, 1.807) is 13.0 Å². The molecule has 0 radical (unpaired) electrons. The molecule has 0 fully saturated rings. The SMILES string of the molecule is CC=CC(=O)OS. The number of allylic oxidation sites excluding steroid dienone is 1. The average Bonchev–Trinajstić information content (AvgIpc) is 1.68. The largest absolute Gasteiger partial charge is 0.391 e. The van der Waals surface area contributed by atoms with Crippen molar-refractivity contribution in [2.45, 2.75) is 6.92 Å². The van der Waals surface area contributed by atoms with Crippen LogP contribution in [0.2, 0.25) is 0 Å². The number of hydrogen-bond donors (Lipinski definition) is 1. The average molecular weight is 118 g/mol. The molecule has 0 atom stereocenters. The predicted octanol–water partition coefficient (Wildman–Crippen LogP) is 0.951. The van der Waals surface area contributed by atoms with Crippen molar-refractivity contribution in [1.82, 2.24) is 0 Å². The summed E-state index contributed by atoms with van der Waals surface area (Å²) in [7, 11) is 0. The van der Waals surface area contributed by atoms with Gasteiger partial charge in [-0.2, -0.15) is 0 Å². The highest BCUT2D eigenvalue weighted by molar-refractivity contribution is 7.75. The molecule has 40 valence electrons. The molecule has 0 amide bonds. The second kappa shape index (κ2) is 3.74. The Hall–Kier alpha value is -0.440. The van der Waals surface area contributed by atoms with E-state index < -0.39 is 5.97 Å². The summed E-state index contributed by atoms with van der Waals surface area (Å²) in [6.07, 6.45) is 2.87. The summed E-state index contributed by atoms with van der Waals surface area (Å²) in [6, 6.07) is 0. The molecule has 0 aliphatic rings. The van der Waals surface area contributed by atoms with Gasteiger partial charge < -0.3 is 4.18 Å². The Morgan fingerprint density at radius 2 is 2.43 bits per heavy atom. The summed E-state index contributed by atoms with van der Waals surface area (Å²) in [5, 5.41) is 0. The number of rotatable bonds is 1. The maximum atomic E-state index is 10.0. The van der Waals surface area contributed by atoms with E-state index in [-0.39, 0.29) is 0 Å².